The standard InChI is InChI=1S/C12H25NOS/c1-3-7-13-11(4-2)10-15-12-5-8-14-9-6-12/h11-13H,3-10H2,1-2H3. The van der Waals surface area contributed by atoms with Crippen molar-refractivity contribution in [2.75, 3.05) is 25.5 Å². The summed E-state index contributed by atoms with van der Waals surface area (Å²) in [7, 11) is 0. The van der Waals surface area contributed by atoms with E-state index in [-0.39, 0.29) is 0 Å². The van der Waals surface area contributed by atoms with E-state index in [0.717, 1.165) is 25.0 Å². The Balaban J connectivity index is 2.09. The average molecular weight is 231 g/mol. The molecule has 3 heteroatoms. The van der Waals surface area contributed by atoms with E-state index in [1.807, 2.05) is 0 Å². The second-order valence-corrected chi connectivity index (χ2v) is 5.54. The number of nitrogens with one attached hydrogen (secondary N) is 1. The van der Waals surface area contributed by atoms with Crippen LogP contribution in [-0.4, -0.2) is 36.8 Å². The first kappa shape index (κ1) is 13.3. The van der Waals surface area contributed by atoms with Crippen LogP contribution in [0.1, 0.15) is 39.5 Å². The van der Waals surface area contributed by atoms with E-state index in [4.69, 9.17) is 4.74 Å². The molecule has 0 aliphatic carbocycles. The number of thioether (sulfide) groups is 1. The lowest BCUT2D eigenvalue weighted by atomic mass is 10.2. The van der Waals surface area contributed by atoms with Crippen molar-refractivity contribution in [3.63, 3.8) is 0 Å². The van der Waals surface area contributed by atoms with E-state index in [1.54, 1.807) is 0 Å². The average Bonchev–Trinajstić information content (AvgIpc) is 2.31. The number of ether oxygens (including phenoxy) is 1. The summed E-state index contributed by atoms with van der Waals surface area (Å²) in [5, 5.41) is 4.45. The second kappa shape index (κ2) is 8.43. The molecule has 1 saturated heterocycles. The molecule has 0 aromatic heterocycles. The van der Waals surface area contributed by atoms with Gasteiger partial charge in [0.05, 0.1) is 0 Å². The molecule has 1 aliphatic heterocycles. The van der Waals surface area contributed by atoms with Crippen LogP contribution < -0.4 is 5.32 Å². The summed E-state index contributed by atoms with van der Waals surface area (Å²) in [6.45, 7) is 7.60. The van der Waals surface area contributed by atoms with Gasteiger partial charge in [0.2, 0.25) is 0 Å². The second-order valence-electron chi connectivity index (χ2n) is 4.20. The van der Waals surface area contributed by atoms with Gasteiger partial charge >= 0.3 is 0 Å². The van der Waals surface area contributed by atoms with Gasteiger partial charge in [0, 0.05) is 30.3 Å². The Kier molecular flexibility index (Phi) is 7.49. The van der Waals surface area contributed by atoms with Crippen molar-refractivity contribution in [3.8, 4) is 0 Å². The lowest BCUT2D eigenvalue weighted by Gasteiger charge is -2.24. The maximum atomic E-state index is 5.37. The van der Waals surface area contributed by atoms with Crippen LogP contribution in [-0.2, 0) is 4.74 Å². The normalized spacial score (nSPS) is 20.4. The maximum Gasteiger partial charge on any atom is 0.0476 e. The van der Waals surface area contributed by atoms with Crippen molar-refractivity contribution in [1.82, 2.24) is 5.32 Å². The molecule has 1 unspecified atom stereocenters. The summed E-state index contributed by atoms with van der Waals surface area (Å²) >= 11 is 2.14. The Morgan fingerprint density at radius 3 is 2.67 bits per heavy atom. The van der Waals surface area contributed by atoms with E-state index in [9.17, 15) is 0 Å². The van der Waals surface area contributed by atoms with E-state index in [2.05, 4.69) is 30.9 Å². The summed E-state index contributed by atoms with van der Waals surface area (Å²) in [6.07, 6.45) is 4.97. The Morgan fingerprint density at radius 2 is 2.07 bits per heavy atom. The summed E-state index contributed by atoms with van der Waals surface area (Å²) in [4.78, 5) is 0. The van der Waals surface area contributed by atoms with Gasteiger partial charge in [0.15, 0.2) is 0 Å². The van der Waals surface area contributed by atoms with Gasteiger partial charge in [0.1, 0.15) is 0 Å². The first-order valence-corrected chi connectivity index (χ1v) is 7.34. The minimum Gasteiger partial charge on any atom is -0.381 e. The topological polar surface area (TPSA) is 21.3 Å². The molecule has 0 aromatic carbocycles. The third-order valence-electron chi connectivity index (χ3n) is 2.88. The van der Waals surface area contributed by atoms with Crippen LogP contribution in [0.5, 0.6) is 0 Å². The van der Waals surface area contributed by atoms with Crippen LogP contribution >= 0.6 is 11.8 Å². The first-order valence-electron chi connectivity index (χ1n) is 6.29. The minimum atomic E-state index is 0.706. The van der Waals surface area contributed by atoms with Crippen LogP contribution in [0.25, 0.3) is 0 Å². The SMILES string of the molecule is CCCNC(CC)CSC1CCOCC1. The lowest BCUT2D eigenvalue weighted by Crippen LogP contribution is -2.32. The zero-order valence-corrected chi connectivity index (χ0v) is 10.9. The summed E-state index contributed by atoms with van der Waals surface area (Å²) in [6, 6.07) is 0.706. The van der Waals surface area contributed by atoms with Crippen molar-refractivity contribution in [2.45, 2.75) is 50.8 Å². The van der Waals surface area contributed by atoms with Gasteiger partial charge < -0.3 is 10.1 Å². The van der Waals surface area contributed by atoms with Gasteiger partial charge in [-0.05, 0) is 32.2 Å². The Hall–Kier alpha value is 0.270. The number of hydrogen-bond acceptors (Lipinski definition) is 3. The fourth-order valence-electron chi connectivity index (χ4n) is 1.76. The van der Waals surface area contributed by atoms with E-state index in [1.165, 1.54) is 31.4 Å². The Bertz CT molecular complexity index is 149. The molecule has 1 atom stereocenters. The van der Waals surface area contributed by atoms with Crippen molar-refractivity contribution in [2.24, 2.45) is 0 Å². The fraction of sp³-hybridized carbons (Fsp3) is 1.00. The smallest absolute Gasteiger partial charge is 0.0476 e. The Morgan fingerprint density at radius 1 is 1.33 bits per heavy atom. The van der Waals surface area contributed by atoms with Gasteiger partial charge in [0.25, 0.3) is 0 Å². The third kappa shape index (κ3) is 5.79. The van der Waals surface area contributed by atoms with E-state index < -0.39 is 0 Å². The predicted octanol–water partition coefficient (Wildman–Crippen LogP) is 2.68. The summed E-state index contributed by atoms with van der Waals surface area (Å²) in [5.41, 5.74) is 0. The number of hydrogen-bond donors (Lipinski definition) is 1. The molecule has 0 saturated carbocycles. The first-order chi connectivity index (χ1) is 7.36. The highest BCUT2D eigenvalue weighted by atomic mass is 32.2. The molecule has 90 valence electrons. The van der Waals surface area contributed by atoms with Crippen LogP contribution in [0.3, 0.4) is 0 Å². The van der Waals surface area contributed by atoms with Crippen molar-refractivity contribution >= 4 is 11.8 Å². The van der Waals surface area contributed by atoms with Gasteiger partial charge in [-0.1, -0.05) is 13.8 Å². The lowest BCUT2D eigenvalue weighted by molar-refractivity contribution is 0.1000. The highest BCUT2D eigenvalue weighted by Crippen LogP contribution is 2.22. The highest BCUT2D eigenvalue weighted by Gasteiger charge is 2.15. The Labute approximate surface area is 98.5 Å². The van der Waals surface area contributed by atoms with Gasteiger partial charge in [-0.25, -0.2) is 0 Å². The monoisotopic (exact) mass is 231 g/mol. The molecule has 1 fully saturated rings. The summed E-state index contributed by atoms with van der Waals surface area (Å²) < 4.78 is 5.37. The predicted molar refractivity (Wildman–Crippen MR) is 68.7 cm³/mol. The molecule has 1 heterocycles. The van der Waals surface area contributed by atoms with Gasteiger partial charge in [-0.2, -0.15) is 11.8 Å². The quantitative estimate of drug-likeness (QED) is 0.728. The molecule has 1 N–H and O–H groups in total. The molecule has 0 bridgehead atoms. The van der Waals surface area contributed by atoms with E-state index >= 15 is 0 Å². The van der Waals surface area contributed by atoms with Crippen molar-refractivity contribution < 1.29 is 4.74 Å². The largest absolute Gasteiger partial charge is 0.381 e. The van der Waals surface area contributed by atoms with Crippen LogP contribution in [0.2, 0.25) is 0 Å². The molecule has 1 rings (SSSR count). The zero-order chi connectivity index (χ0) is 10.9. The van der Waals surface area contributed by atoms with Crippen molar-refractivity contribution in [1.29, 1.82) is 0 Å². The maximum absolute atomic E-state index is 5.37. The van der Waals surface area contributed by atoms with Gasteiger partial charge in [-0.3, -0.25) is 0 Å². The molecule has 0 aromatic rings. The highest BCUT2D eigenvalue weighted by molar-refractivity contribution is 7.99. The molecule has 0 spiro atoms. The van der Waals surface area contributed by atoms with E-state index in [0.29, 0.717) is 6.04 Å². The van der Waals surface area contributed by atoms with Gasteiger partial charge in [-0.15, -0.1) is 0 Å². The summed E-state index contributed by atoms with van der Waals surface area (Å²) in [5.74, 6) is 1.27. The number of rotatable bonds is 7. The molecule has 0 radical (unpaired) electrons. The molecule has 0 amide bonds. The molecule has 2 nitrogen and oxygen atoms in total. The van der Waals surface area contributed by atoms with Crippen LogP contribution in [0.15, 0.2) is 0 Å². The zero-order valence-electron chi connectivity index (χ0n) is 10.1. The van der Waals surface area contributed by atoms with Crippen molar-refractivity contribution in [3.05, 3.63) is 0 Å². The minimum absolute atomic E-state index is 0.706. The molecular weight excluding hydrogens is 206 g/mol. The van der Waals surface area contributed by atoms with Crippen LogP contribution in [0, 0.1) is 0 Å². The molecule has 15 heavy (non-hydrogen) atoms. The molecular formula is C12H25NOS. The fourth-order valence-corrected chi connectivity index (χ4v) is 3.15. The third-order valence-corrected chi connectivity index (χ3v) is 4.41. The molecule has 1 aliphatic rings. The van der Waals surface area contributed by atoms with Crippen LogP contribution in [0.4, 0.5) is 0 Å².